The zero-order chi connectivity index (χ0) is 22.3. The van der Waals surface area contributed by atoms with E-state index in [9.17, 15) is 0 Å². The van der Waals surface area contributed by atoms with Crippen LogP contribution in [0.25, 0.3) is 15.8 Å². The monoisotopic (exact) mass is 442 g/mol. The minimum atomic E-state index is 0.244. The maximum absolute atomic E-state index is 3.60. The molecule has 0 amide bonds. The van der Waals surface area contributed by atoms with E-state index in [0.29, 0.717) is 0 Å². The van der Waals surface area contributed by atoms with Gasteiger partial charge in [0, 0.05) is 38.5 Å². The first-order chi connectivity index (χ1) is 15.4. The van der Waals surface area contributed by atoms with Crippen molar-refractivity contribution >= 4 is 32.8 Å². The van der Waals surface area contributed by atoms with Gasteiger partial charge in [0.1, 0.15) is 0 Å². The van der Waals surface area contributed by atoms with E-state index in [1.807, 2.05) is 11.3 Å². The van der Waals surface area contributed by atoms with Crippen molar-refractivity contribution in [3.8, 4) is 0 Å². The summed E-state index contributed by atoms with van der Waals surface area (Å²) in [5, 5.41) is 8.53. The van der Waals surface area contributed by atoms with E-state index in [1.54, 1.807) is 0 Å². The van der Waals surface area contributed by atoms with Crippen molar-refractivity contribution in [3.05, 3.63) is 82.4 Å². The van der Waals surface area contributed by atoms with Gasteiger partial charge in [-0.1, -0.05) is 58.0 Å². The summed E-state index contributed by atoms with van der Waals surface area (Å²) in [6, 6.07) is 15.7. The van der Waals surface area contributed by atoms with E-state index >= 15 is 0 Å². The first-order valence-corrected chi connectivity index (χ1v) is 12.7. The molecule has 2 aliphatic carbocycles. The number of aryl methyl sites for hydroxylation is 1. The Morgan fingerprint density at radius 2 is 1.75 bits per heavy atom. The summed E-state index contributed by atoms with van der Waals surface area (Å²) in [6.45, 7) is 10.3. The van der Waals surface area contributed by atoms with Gasteiger partial charge >= 0.3 is 0 Å². The van der Waals surface area contributed by atoms with Crippen LogP contribution in [0, 0.1) is 0 Å². The third-order valence-corrected chi connectivity index (χ3v) is 8.52. The number of hydrogen-bond acceptors (Lipinski definition) is 3. The Morgan fingerprint density at radius 3 is 2.59 bits per heavy atom. The van der Waals surface area contributed by atoms with Crippen molar-refractivity contribution in [1.82, 2.24) is 5.32 Å². The fourth-order valence-electron chi connectivity index (χ4n) is 5.23. The summed E-state index contributed by atoms with van der Waals surface area (Å²) < 4.78 is 1.39. The van der Waals surface area contributed by atoms with Crippen LogP contribution >= 0.6 is 11.3 Å². The minimum absolute atomic E-state index is 0.244. The molecule has 1 aromatic heterocycles. The van der Waals surface area contributed by atoms with Crippen molar-refractivity contribution in [3.63, 3.8) is 0 Å². The largest absolute Gasteiger partial charge is 0.381 e. The molecule has 0 bridgehead atoms. The maximum Gasteiger partial charge on any atom is 0.0430 e. The molecule has 32 heavy (non-hydrogen) atoms. The molecule has 3 heteroatoms. The van der Waals surface area contributed by atoms with Gasteiger partial charge in [-0.15, -0.1) is 11.3 Å². The Kier molecular flexibility index (Phi) is 5.41. The molecule has 0 radical (unpaired) electrons. The van der Waals surface area contributed by atoms with E-state index in [0.717, 1.165) is 19.4 Å². The first kappa shape index (κ1) is 21.3. The van der Waals surface area contributed by atoms with Crippen LogP contribution in [0.2, 0.25) is 0 Å². The lowest BCUT2D eigenvalue weighted by molar-refractivity contribution is 0.332. The summed E-state index contributed by atoms with van der Waals surface area (Å²) in [7, 11) is 0. The maximum atomic E-state index is 3.60. The van der Waals surface area contributed by atoms with Crippen molar-refractivity contribution < 1.29 is 0 Å². The van der Waals surface area contributed by atoms with Gasteiger partial charge < -0.3 is 10.6 Å². The molecule has 0 saturated heterocycles. The molecule has 0 atom stereocenters. The SMILES string of the molecule is CC1(C)CCC(C)(C)c2cc(NC/C=C/NC3=CCCc4sc5ccccc5c43)ccc21. The number of nitrogens with one attached hydrogen (secondary N) is 2. The zero-order valence-corrected chi connectivity index (χ0v) is 20.5. The zero-order valence-electron chi connectivity index (χ0n) is 19.7. The summed E-state index contributed by atoms with van der Waals surface area (Å²) in [5.74, 6) is 0. The molecule has 2 aliphatic rings. The molecular weight excluding hydrogens is 408 g/mol. The van der Waals surface area contributed by atoms with Gasteiger partial charge in [0.2, 0.25) is 0 Å². The normalized spacial score (nSPS) is 18.8. The lowest BCUT2D eigenvalue weighted by atomic mass is 9.63. The number of rotatable bonds is 5. The molecule has 5 rings (SSSR count). The molecule has 2 N–H and O–H groups in total. The van der Waals surface area contributed by atoms with Crippen LogP contribution in [0.1, 0.15) is 68.5 Å². The molecule has 0 spiro atoms. The van der Waals surface area contributed by atoms with Crippen molar-refractivity contribution in [2.75, 3.05) is 11.9 Å². The van der Waals surface area contributed by atoms with Gasteiger partial charge in [0.25, 0.3) is 0 Å². The highest BCUT2D eigenvalue weighted by Crippen LogP contribution is 2.46. The standard InChI is InChI=1S/C29H34N2S/c1-28(2)15-16-29(3,4)23-19-20(13-14-22(23)28)30-17-8-18-31-24-10-7-12-26-27(24)21-9-5-6-11-25(21)32-26/h5-6,8-11,13-14,18-19,30-31H,7,12,15-17H2,1-4H3/b18-8+. The van der Waals surface area contributed by atoms with Gasteiger partial charge in [-0.2, -0.15) is 0 Å². The Morgan fingerprint density at radius 1 is 0.969 bits per heavy atom. The third-order valence-electron chi connectivity index (χ3n) is 7.29. The predicted molar refractivity (Wildman–Crippen MR) is 141 cm³/mol. The fourth-order valence-corrected chi connectivity index (χ4v) is 6.47. The average molecular weight is 443 g/mol. The van der Waals surface area contributed by atoms with Crippen LogP contribution in [0.4, 0.5) is 5.69 Å². The van der Waals surface area contributed by atoms with Crippen LogP contribution in [-0.2, 0) is 17.3 Å². The van der Waals surface area contributed by atoms with E-state index in [-0.39, 0.29) is 10.8 Å². The van der Waals surface area contributed by atoms with Crippen LogP contribution in [-0.4, -0.2) is 6.54 Å². The number of allylic oxidation sites excluding steroid dienone is 1. The van der Waals surface area contributed by atoms with E-state index < -0.39 is 0 Å². The van der Waals surface area contributed by atoms with Crippen LogP contribution in [0.5, 0.6) is 0 Å². The Bertz CT molecular complexity index is 1210. The molecule has 166 valence electrons. The second kappa shape index (κ2) is 8.12. The highest BCUT2D eigenvalue weighted by Gasteiger charge is 2.36. The number of hydrogen-bond donors (Lipinski definition) is 2. The molecule has 2 aromatic carbocycles. The van der Waals surface area contributed by atoms with Crippen LogP contribution in [0.3, 0.4) is 0 Å². The van der Waals surface area contributed by atoms with Gasteiger partial charge in [-0.25, -0.2) is 0 Å². The molecule has 0 saturated carbocycles. The summed E-state index contributed by atoms with van der Waals surface area (Å²) in [6.07, 6.45) is 11.4. The second-order valence-corrected chi connectivity index (χ2v) is 11.6. The quantitative estimate of drug-likeness (QED) is 0.422. The van der Waals surface area contributed by atoms with Crippen LogP contribution < -0.4 is 10.6 Å². The third kappa shape index (κ3) is 3.88. The molecule has 0 fully saturated rings. The Balaban J connectivity index is 1.26. The van der Waals surface area contributed by atoms with Gasteiger partial charge in [-0.3, -0.25) is 0 Å². The fraction of sp³-hybridized carbons (Fsp3) is 0.379. The average Bonchev–Trinajstić information content (AvgIpc) is 3.16. The Hall–Kier alpha value is -2.52. The molecule has 0 aliphatic heterocycles. The number of thiophene rings is 1. The van der Waals surface area contributed by atoms with Crippen LogP contribution in [0.15, 0.2) is 60.8 Å². The summed E-state index contributed by atoms with van der Waals surface area (Å²) in [5.41, 5.74) is 7.39. The molecule has 0 unspecified atom stereocenters. The lowest BCUT2D eigenvalue weighted by Crippen LogP contribution is -2.33. The highest BCUT2D eigenvalue weighted by molar-refractivity contribution is 7.19. The molecule has 3 aromatic rings. The van der Waals surface area contributed by atoms with Gasteiger partial charge in [0.05, 0.1) is 0 Å². The smallest absolute Gasteiger partial charge is 0.0430 e. The van der Waals surface area contributed by atoms with Crippen molar-refractivity contribution in [1.29, 1.82) is 0 Å². The first-order valence-electron chi connectivity index (χ1n) is 11.9. The number of anilines is 1. The second-order valence-electron chi connectivity index (χ2n) is 10.5. The predicted octanol–water partition coefficient (Wildman–Crippen LogP) is 7.75. The Labute approximate surface area is 196 Å². The number of benzene rings is 2. The highest BCUT2D eigenvalue weighted by atomic mass is 32.1. The number of fused-ring (bicyclic) bond motifs is 4. The molecule has 2 nitrogen and oxygen atoms in total. The molecular formula is C29H34N2S. The van der Waals surface area contributed by atoms with Gasteiger partial charge in [0.15, 0.2) is 0 Å². The van der Waals surface area contributed by atoms with Crippen molar-refractivity contribution in [2.45, 2.75) is 64.2 Å². The van der Waals surface area contributed by atoms with E-state index in [1.165, 1.54) is 55.9 Å². The topological polar surface area (TPSA) is 24.1 Å². The summed E-state index contributed by atoms with van der Waals surface area (Å²) in [4.78, 5) is 1.50. The minimum Gasteiger partial charge on any atom is -0.381 e. The van der Waals surface area contributed by atoms with E-state index in [4.69, 9.17) is 0 Å². The lowest BCUT2D eigenvalue weighted by Gasteiger charge is -2.42. The van der Waals surface area contributed by atoms with E-state index in [2.05, 4.69) is 99.1 Å². The molecule has 1 heterocycles. The summed E-state index contributed by atoms with van der Waals surface area (Å²) >= 11 is 1.94. The van der Waals surface area contributed by atoms with Gasteiger partial charge in [-0.05, 0) is 78.1 Å². The van der Waals surface area contributed by atoms with Crippen molar-refractivity contribution in [2.24, 2.45) is 0 Å².